The van der Waals surface area contributed by atoms with E-state index in [0.29, 0.717) is 0 Å². The molecule has 0 aliphatic rings. The van der Waals surface area contributed by atoms with Gasteiger partial charge < -0.3 is 5.84 Å². The molecule has 0 aliphatic carbocycles. The molecule has 0 aromatic carbocycles. The maximum atomic E-state index is 5.60. The molecule has 1 aromatic heterocycles. The van der Waals surface area contributed by atoms with Crippen LogP contribution < -0.4 is 5.84 Å². The molecule has 0 saturated heterocycles. The summed E-state index contributed by atoms with van der Waals surface area (Å²) in [6, 6.07) is 1.81. The van der Waals surface area contributed by atoms with Crippen molar-refractivity contribution in [3.8, 4) is 0 Å². The Labute approximate surface area is 61.9 Å². The Bertz CT molecular complexity index is 218. The van der Waals surface area contributed by atoms with Crippen molar-refractivity contribution in [2.75, 3.05) is 0 Å². The van der Waals surface area contributed by atoms with E-state index in [1.165, 1.54) is 11.3 Å². The highest BCUT2D eigenvalue weighted by Crippen LogP contribution is 2.16. The monoisotopic (exact) mass is 160 g/mol. The van der Waals surface area contributed by atoms with Gasteiger partial charge in [0.05, 0.1) is 11.2 Å². The van der Waals surface area contributed by atoms with E-state index in [1.54, 1.807) is 6.21 Å². The van der Waals surface area contributed by atoms with E-state index >= 15 is 0 Å². The zero-order valence-electron chi connectivity index (χ0n) is 4.54. The molecule has 4 heteroatoms. The van der Waals surface area contributed by atoms with E-state index in [2.05, 4.69) is 5.10 Å². The van der Waals surface area contributed by atoms with Gasteiger partial charge in [-0.2, -0.15) is 5.10 Å². The molecule has 1 heterocycles. The second kappa shape index (κ2) is 2.85. The number of thiophene rings is 1. The van der Waals surface area contributed by atoms with Crippen molar-refractivity contribution in [3.63, 3.8) is 0 Å². The summed E-state index contributed by atoms with van der Waals surface area (Å²) < 4.78 is 0. The second-order valence-corrected chi connectivity index (χ2v) is 2.82. The Kier molecular flexibility index (Phi) is 2.08. The van der Waals surface area contributed by atoms with Crippen LogP contribution in [0.1, 0.15) is 4.88 Å². The second-order valence-electron chi connectivity index (χ2n) is 1.45. The van der Waals surface area contributed by atoms with Gasteiger partial charge >= 0.3 is 0 Å². The fraction of sp³-hybridized carbons (Fsp3) is 0. The highest BCUT2D eigenvalue weighted by atomic mass is 35.5. The number of hydrazone groups is 1. The van der Waals surface area contributed by atoms with Crippen LogP contribution in [-0.4, -0.2) is 6.21 Å². The third-order valence-electron chi connectivity index (χ3n) is 0.790. The smallest absolute Gasteiger partial charge is 0.0638 e. The molecular formula is C5H5ClN2S. The fourth-order valence-corrected chi connectivity index (χ4v) is 1.42. The SMILES string of the molecule is N/N=C/c1cc(Cl)cs1. The van der Waals surface area contributed by atoms with Crippen LogP contribution in [-0.2, 0) is 0 Å². The highest BCUT2D eigenvalue weighted by Gasteiger charge is 1.91. The Balaban J connectivity index is 2.85. The van der Waals surface area contributed by atoms with Crippen molar-refractivity contribution in [3.05, 3.63) is 21.3 Å². The molecule has 0 saturated carbocycles. The van der Waals surface area contributed by atoms with Gasteiger partial charge in [-0.05, 0) is 6.07 Å². The first-order chi connectivity index (χ1) is 4.33. The van der Waals surface area contributed by atoms with Crippen LogP contribution in [0.3, 0.4) is 0 Å². The largest absolute Gasteiger partial charge is 0.323 e. The van der Waals surface area contributed by atoms with Crippen molar-refractivity contribution in [1.29, 1.82) is 0 Å². The Morgan fingerprint density at radius 2 is 2.56 bits per heavy atom. The number of hydrogen-bond acceptors (Lipinski definition) is 3. The van der Waals surface area contributed by atoms with Gasteiger partial charge in [-0.3, -0.25) is 0 Å². The highest BCUT2D eigenvalue weighted by molar-refractivity contribution is 7.12. The van der Waals surface area contributed by atoms with Crippen molar-refractivity contribution < 1.29 is 0 Å². The van der Waals surface area contributed by atoms with Crippen molar-refractivity contribution >= 4 is 29.2 Å². The third-order valence-corrected chi connectivity index (χ3v) is 2.00. The summed E-state index contributed by atoms with van der Waals surface area (Å²) in [6.45, 7) is 0. The average Bonchev–Trinajstić information content (AvgIpc) is 2.17. The summed E-state index contributed by atoms with van der Waals surface area (Å²) in [4.78, 5) is 0.975. The van der Waals surface area contributed by atoms with E-state index in [1.807, 2.05) is 11.4 Å². The van der Waals surface area contributed by atoms with Gasteiger partial charge in [0.2, 0.25) is 0 Å². The van der Waals surface area contributed by atoms with Gasteiger partial charge in [-0.25, -0.2) is 0 Å². The maximum absolute atomic E-state index is 5.60. The molecule has 0 radical (unpaired) electrons. The molecule has 2 N–H and O–H groups in total. The minimum absolute atomic E-state index is 0.731. The molecule has 0 bridgehead atoms. The summed E-state index contributed by atoms with van der Waals surface area (Å²) >= 11 is 7.12. The molecule has 0 fully saturated rings. The van der Waals surface area contributed by atoms with Crippen molar-refractivity contribution in [2.45, 2.75) is 0 Å². The minimum Gasteiger partial charge on any atom is -0.323 e. The van der Waals surface area contributed by atoms with E-state index in [-0.39, 0.29) is 0 Å². The first-order valence-corrected chi connectivity index (χ1v) is 3.56. The van der Waals surface area contributed by atoms with E-state index in [0.717, 1.165) is 9.90 Å². The summed E-state index contributed by atoms with van der Waals surface area (Å²) in [6.07, 6.45) is 1.57. The molecule has 0 atom stereocenters. The summed E-state index contributed by atoms with van der Waals surface area (Å²) in [5.41, 5.74) is 0. The van der Waals surface area contributed by atoms with Crippen LogP contribution >= 0.6 is 22.9 Å². The van der Waals surface area contributed by atoms with Gasteiger partial charge in [0.15, 0.2) is 0 Å². The summed E-state index contributed by atoms with van der Waals surface area (Å²) in [7, 11) is 0. The molecule has 0 spiro atoms. The third kappa shape index (κ3) is 1.69. The van der Waals surface area contributed by atoms with Gasteiger partial charge in [0.1, 0.15) is 0 Å². The van der Waals surface area contributed by atoms with Crippen LogP contribution in [0.5, 0.6) is 0 Å². The number of halogens is 1. The lowest BCUT2D eigenvalue weighted by Crippen LogP contribution is -1.80. The molecule has 1 aromatic rings. The van der Waals surface area contributed by atoms with Crippen LogP contribution in [0.2, 0.25) is 5.02 Å². The minimum atomic E-state index is 0.731. The van der Waals surface area contributed by atoms with Crippen LogP contribution in [0.25, 0.3) is 0 Å². The first kappa shape index (κ1) is 6.58. The van der Waals surface area contributed by atoms with Gasteiger partial charge in [-0.15, -0.1) is 11.3 Å². The van der Waals surface area contributed by atoms with E-state index in [4.69, 9.17) is 17.4 Å². The first-order valence-electron chi connectivity index (χ1n) is 2.30. The van der Waals surface area contributed by atoms with Crippen molar-refractivity contribution in [2.24, 2.45) is 10.9 Å². The fourth-order valence-electron chi connectivity index (χ4n) is 0.469. The zero-order valence-corrected chi connectivity index (χ0v) is 6.12. The van der Waals surface area contributed by atoms with Gasteiger partial charge in [0.25, 0.3) is 0 Å². The quantitative estimate of drug-likeness (QED) is 0.379. The van der Waals surface area contributed by atoms with E-state index in [9.17, 15) is 0 Å². The topological polar surface area (TPSA) is 38.4 Å². The molecule has 0 unspecified atom stereocenters. The van der Waals surface area contributed by atoms with Gasteiger partial charge in [-0.1, -0.05) is 11.6 Å². The summed E-state index contributed by atoms with van der Waals surface area (Å²) in [5, 5.41) is 5.91. The van der Waals surface area contributed by atoms with Crippen LogP contribution in [0.15, 0.2) is 16.5 Å². The lowest BCUT2D eigenvalue weighted by Gasteiger charge is -1.75. The van der Waals surface area contributed by atoms with Crippen LogP contribution in [0, 0.1) is 0 Å². The molecule has 0 amide bonds. The molecule has 2 nitrogen and oxygen atoms in total. The number of nitrogens with zero attached hydrogens (tertiary/aromatic N) is 1. The standard InChI is InChI=1S/C5H5ClN2S/c6-4-1-5(2-8-7)9-3-4/h1-3H,7H2/b8-2+. The van der Waals surface area contributed by atoms with Crippen molar-refractivity contribution in [1.82, 2.24) is 0 Å². The number of rotatable bonds is 1. The lowest BCUT2D eigenvalue weighted by molar-refractivity contribution is 1.27. The Morgan fingerprint density at radius 1 is 1.78 bits per heavy atom. The molecule has 0 aliphatic heterocycles. The summed E-state index contributed by atoms with van der Waals surface area (Å²) in [5.74, 6) is 4.90. The molecule has 48 valence electrons. The van der Waals surface area contributed by atoms with Crippen LogP contribution in [0.4, 0.5) is 0 Å². The Morgan fingerprint density at radius 3 is 3.00 bits per heavy atom. The Hall–Kier alpha value is -0.540. The lowest BCUT2D eigenvalue weighted by atomic mass is 10.5. The molecular weight excluding hydrogens is 156 g/mol. The predicted molar refractivity (Wildman–Crippen MR) is 41.1 cm³/mol. The molecule has 1 rings (SSSR count). The zero-order chi connectivity index (χ0) is 6.69. The van der Waals surface area contributed by atoms with Gasteiger partial charge in [0, 0.05) is 10.3 Å². The average molecular weight is 161 g/mol. The number of nitrogens with two attached hydrogens (primary N) is 1. The maximum Gasteiger partial charge on any atom is 0.0638 e. The number of hydrogen-bond donors (Lipinski definition) is 1. The molecule has 9 heavy (non-hydrogen) atoms. The van der Waals surface area contributed by atoms with E-state index < -0.39 is 0 Å². The normalized spacial score (nSPS) is 10.8. The predicted octanol–water partition coefficient (Wildman–Crippen LogP) is 1.69.